The van der Waals surface area contributed by atoms with Crippen molar-refractivity contribution in [3.63, 3.8) is 0 Å². The smallest absolute Gasteiger partial charge is 0.356 e. The zero-order valence-electron chi connectivity index (χ0n) is 13.0. The minimum absolute atomic E-state index is 0.0291. The third-order valence-electron chi connectivity index (χ3n) is 3.82. The number of ether oxygens (including phenoxy) is 1. The summed E-state index contributed by atoms with van der Waals surface area (Å²) in [6.45, 7) is 0. The van der Waals surface area contributed by atoms with Crippen LogP contribution in [0.15, 0.2) is 58.3 Å². The molecule has 3 rings (SSSR count). The molecule has 0 amide bonds. The van der Waals surface area contributed by atoms with Crippen LogP contribution < -0.4 is 0 Å². The molecule has 124 valence electrons. The highest BCUT2D eigenvalue weighted by atomic mass is 35.5. The van der Waals surface area contributed by atoms with Crippen molar-refractivity contribution in [1.82, 2.24) is 4.57 Å². The number of carbonyl (C=O) groups is 1. The average Bonchev–Trinajstić information content (AvgIpc) is 2.87. The Balaban J connectivity index is 2.46. The van der Waals surface area contributed by atoms with Crippen LogP contribution in [0, 0.1) is 0 Å². The van der Waals surface area contributed by atoms with Crippen LogP contribution in [0.5, 0.6) is 0 Å². The van der Waals surface area contributed by atoms with Gasteiger partial charge in [-0.3, -0.25) is 0 Å². The third kappa shape index (κ3) is 2.48. The van der Waals surface area contributed by atoms with E-state index in [0.29, 0.717) is 15.9 Å². The molecule has 7 heteroatoms. The number of hydrogen-bond donors (Lipinski definition) is 0. The summed E-state index contributed by atoms with van der Waals surface area (Å²) < 4.78 is 32.6. The Morgan fingerprint density at radius 1 is 1.12 bits per heavy atom. The van der Waals surface area contributed by atoms with Gasteiger partial charge in [0.2, 0.25) is 9.84 Å². The number of aromatic nitrogens is 1. The summed E-state index contributed by atoms with van der Waals surface area (Å²) >= 11 is 6.04. The number of rotatable bonds is 3. The quantitative estimate of drug-likeness (QED) is 0.668. The van der Waals surface area contributed by atoms with E-state index < -0.39 is 15.8 Å². The molecule has 0 N–H and O–H groups in total. The fourth-order valence-corrected chi connectivity index (χ4v) is 4.55. The van der Waals surface area contributed by atoms with Gasteiger partial charge in [0.05, 0.1) is 12.0 Å². The van der Waals surface area contributed by atoms with E-state index >= 15 is 0 Å². The van der Waals surface area contributed by atoms with Gasteiger partial charge >= 0.3 is 5.97 Å². The van der Waals surface area contributed by atoms with Crippen molar-refractivity contribution >= 4 is 38.3 Å². The molecule has 0 saturated carbocycles. The highest BCUT2D eigenvalue weighted by molar-refractivity contribution is 7.91. The van der Waals surface area contributed by atoms with Gasteiger partial charge in [-0.1, -0.05) is 29.8 Å². The number of aryl methyl sites for hydroxylation is 1. The maximum atomic E-state index is 13.1. The number of methoxy groups -OCH3 is 1. The normalized spacial score (nSPS) is 11.6. The van der Waals surface area contributed by atoms with Gasteiger partial charge in [-0.2, -0.15) is 0 Å². The molecule has 0 aliphatic heterocycles. The SMILES string of the molecule is COC(=O)c1c(S(=O)(=O)c2ccccc2)c2cc(Cl)ccc2n1C. The molecule has 24 heavy (non-hydrogen) atoms. The first-order valence-electron chi connectivity index (χ1n) is 7.04. The molecular formula is C17H14ClNO4S. The number of sulfone groups is 1. The first kappa shape index (κ1) is 16.5. The number of nitrogens with zero attached hydrogens (tertiary/aromatic N) is 1. The number of benzene rings is 2. The van der Waals surface area contributed by atoms with E-state index in [-0.39, 0.29) is 15.5 Å². The van der Waals surface area contributed by atoms with Crippen LogP contribution in [-0.2, 0) is 21.6 Å². The third-order valence-corrected chi connectivity index (χ3v) is 5.89. The second-order valence-corrected chi connectivity index (χ2v) is 7.53. The Hall–Kier alpha value is -2.31. The summed E-state index contributed by atoms with van der Waals surface area (Å²) in [4.78, 5) is 12.3. The second kappa shape index (κ2) is 5.96. The van der Waals surface area contributed by atoms with Crippen molar-refractivity contribution in [3.05, 3.63) is 59.2 Å². The Kier molecular flexibility index (Phi) is 4.11. The predicted molar refractivity (Wildman–Crippen MR) is 91.2 cm³/mol. The molecule has 0 saturated heterocycles. The van der Waals surface area contributed by atoms with Crippen molar-refractivity contribution in [2.45, 2.75) is 9.79 Å². The molecule has 0 aliphatic carbocycles. The predicted octanol–water partition coefficient (Wildman–Crippen LogP) is 3.45. The van der Waals surface area contributed by atoms with Gasteiger partial charge < -0.3 is 9.30 Å². The van der Waals surface area contributed by atoms with Gasteiger partial charge in [0.15, 0.2) is 0 Å². The fourth-order valence-electron chi connectivity index (χ4n) is 2.70. The summed E-state index contributed by atoms with van der Waals surface area (Å²) in [6.07, 6.45) is 0. The zero-order valence-corrected chi connectivity index (χ0v) is 14.6. The molecule has 2 aromatic carbocycles. The largest absolute Gasteiger partial charge is 0.464 e. The second-order valence-electron chi connectivity index (χ2n) is 5.21. The monoisotopic (exact) mass is 363 g/mol. The molecule has 0 fully saturated rings. The highest BCUT2D eigenvalue weighted by Crippen LogP contribution is 2.35. The fraction of sp³-hybridized carbons (Fsp3) is 0.118. The number of halogens is 1. The molecule has 3 aromatic rings. The zero-order chi connectivity index (χ0) is 17.5. The molecule has 0 atom stereocenters. The molecule has 0 aliphatic rings. The molecular weight excluding hydrogens is 350 g/mol. The lowest BCUT2D eigenvalue weighted by Crippen LogP contribution is -2.13. The van der Waals surface area contributed by atoms with Crippen molar-refractivity contribution in [3.8, 4) is 0 Å². The van der Waals surface area contributed by atoms with Crippen LogP contribution in [0.1, 0.15) is 10.5 Å². The maximum absolute atomic E-state index is 13.1. The van der Waals surface area contributed by atoms with Crippen LogP contribution in [-0.4, -0.2) is 26.1 Å². The molecule has 0 spiro atoms. The van der Waals surface area contributed by atoms with Crippen molar-refractivity contribution in [1.29, 1.82) is 0 Å². The topological polar surface area (TPSA) is 65.4 Å². The molecule has 1 aromatic heterocycles. The average molecular weight is 364 g/mol. The Labute approximate surface area is 144 Å². The van der Waals surface area contributed by atoms with Gasteiger partial charge in [0.25, 0.3) is 0 Å². The minimum atomic E-state index is -3.93. The summed E-state index contributed by atoms with van der Waals surface area (Å²) in [5.74, 6) is -0.723. The lowest BCUT2D eigenvalue weighted by molar-refractivity contribution is 0.0586. The Bertz CT molecular complexity index is 1040. The van der Waals surface area contributed by atoms with Crippen molar-refractivity contribution < 1.29 is 17.9 Å². The van der Waals surface area contributed by atoms with Crippen molar-refractivity contribution in [2.75, 3.05) is 7.11 Å². The summed E-state index contributed by atoms with van der Waals surface area (Å²) in [5, 5.41) is 0.767. The maximum Gasteiger partial charge on any atom is 0.356 e. The number of hydrogen-bond acceptors (Lipinski definition) is 4. The molecule has 1 heterocycles. The van der Waals surface area contributed by atoms with E-state index in [1.807, 2.05) is 0 Å². The van der Waals surface area contributed by atoms with Crippen LogP contribution in [0.3, 0.4) is 0 Å². The lowest BCUT2D eigenvalue weighted by atomic mass is 10.2. The van der Waals surface area contributed by atoms with E-state index in [1.165, 1.54) is 23.8 Å². The Morgan fingerprint density at radius 3 is 2.42 bits per heavy atom. The van der Waals surface area contributed by atoms with E-state index in [1.54, 1.807) is 43.4 Å². The minimum Gasteiger partial charge on any atom is -0.464 e. The van der Waals surface area contributed by atoms with Crippen LogP contribution >= 0.6 is 11.6 Å². The van der Waals surface area contributed by atoms with Gasteiger partial charge in [-0.05, 0) is 30.3 Å². The van der Waals surface area contributed by atoms with E-state index in [9.17, 15) is 13.2 Å². The number of carbonyl (C=O) groups excluding carboxylic acids is 1. The van der Waals surface area contributed by atoms with Crippen molar-refractivity contribution in [2.24, 2.45) is 7.05 Å². The number of esters is 1. The van der Waals surface area contributed by atoms with Gasteiger partial charge in [0, 0.05) is 23.0 Å². The van der Waals surface area contributed by atoms with E-state index in [4.69, 9.17) is 16.3 Å². The van der Waals surface area contributed by atoms with Crippen LogP contribution in [0.4, 0.5) is 0 Å². The Morgan fingerprint density at radius 2 is 1.79 bits per heavy atom. The van der Waals surface area contributed by atoms with Gasteiger partial charge in [-0.15, -0.1) is 0 Å². The van der Waals surface area contributed by atoms with E-state index in [0.717, 1.165) is 0 Å². The highest BCUT2D eigenvalue weighted by Gasteiger charge is 2.32. The standard InChI is InChI=1S/C17H14ClNO4S/c1-19-14-9-8-11(18)10-13(14)16(15(19)17(20)23-2)24(21,22)12-6-4-3-5-7-12/h3-10H,1-2H3. The summed E-state index contributed by atoms with van der Waals surface area (Å²) in [6, 6.07) is 12.8. The first-order valence-corrected chi connectivity index (χ1v) is 8.90. The molecule has 0 unspecified atom stereocenters. The van der Waals surface area contributed by atoms with E-state index in [2.05, 4.69) is 0 Å². The molecule has 5 nitrogen and oxygen atoms in total. The number of fused-ring (bicyclic) bond motifs is 1. The van der Waals surface area contributed by atoms with Gasteiger partial charge in [-0.25, -0.2) is 13.2 Å². The van der Waals surface area contributed by atoms with Crippen LogP contribution in [0.25, 0.3) is 10.9 Å². The van der Waals surface area contributed by atoms with Crippen LogP contribution in [0.2, 0.25) is 5.02 Å². The summed E-state index contributed by atoms with van der Waals surface area (Å²) in [7, 11) is -1.10. The first-order chi connectivity index (χ1) is 11.4. The summed E-state index contributed by atoms with van der Waals surface area (Å²) in [5.41, 5.74) is 0.549. The molecule has 0 radical (unpaired) electrons. The lowest BCUT2D eigenvalue weighted by Gasteiger charge is -2.07. The molecule has 0 bridgehead atoms. The van der Waals surface area contributed by atoms with Gasteiger partial charge in [0.1, 0.15) is 10.6 Å².